The summed E-state index contributed by atoms with van der Waals surface area (Å²) in [5.41, 5.74) is 6.40. The van der Waals surface area contributed by atoms with Gasteiger partial charge < -0.3 is 10.2 Å². The highest BCUT2D eigenvalue weighted by Crippen LogP contribution is 2.26. The van der Waals surface area contributed by atoms with Gasteiger partial charge in [-0.3, -0.25) is 14.7 Å². The van der Waals surface area contributed by atoms with Gasteiger partial charge in [-0.25, -0.2) is 4.52 Å². The molecule has 5 heterocycles. The van der Waals surface area contributed by atoms with Gasteiger partial charge in [-0.05, 0) is 50.6 Å². The number of fused-ring (bicyclic) bond motifs is 2. The number of carbonyl (C=O) groups is 1. The highest BCUT2D eigenvalue weighted by atomic mass is 16.2. The van der Waals surface area contributed by atoms with Crippen LogP contribution in [0.25, 0.3) is 11.1 Å². The van der Waals surface area contributed by atoms with Gasteiger partial charge >= 0.3 is 0 Å². The van der Waals surface area contributed by atoms with E-state index in [-0.39, 0.29) is 5.91 Å². The molecule has 1 N–H and O–H groups in total. The number of hydrogen-bond donors (Lipinski definition) is 1. The molecule has 3 aliphatic heterocycles. The van der Waals surface area contributed by atoms with E-state index >= 15 is 0 Å². The second-order valence-electron chi connectivity index (χ2n) is 8.28. The molecule has 0 unspecified atom stereocenters. The molecule has 2 aromatic heterocycles. The van der Waals surface area contributed by atoms with Crippen LogP contribution in [0.1, 0.15) is 30.4 Å². The highest BCUT2D eigenvalue weighted by Gasteiger charge is 2.22. The second-order valence-corrected chi connectivity index (χ2v) is 8.28. The van der Waals surface area contributed by atoms with Crippen molar-refractivity contribution in [1.82, 2.24) is 29.7 Å². The molecule has 0 aromatic carbocycles. The summed E-state index contributed by atoms with van der Waals surface area (Å²) in [6, 6.07) is 2.02. The van der Waals surface area contributed by atoms with Crippen LogP contribution in [0.5, 0.6) is 0 Å². The molecule has 1 saturated heterocycles. The van der Waals surface area contributed by atoms with Crippen LogP contribution in [0, 0.1) is 6.92 Å². The molecule has 0 bridgehead atoms. The van der Waals surface area contributed by atoms with E-state index in [0.717, 1.165) is 78.6 Å². The van der Waals surface area contributed by atoms with Gasteiger partial charge in [-0.15, -0.1) is 0 Å². The number of carbonyl (C=O) groups excluding carboxylic acids is 1. The van der Waals surface area contributed by atoms with Crippen LogP contribution in [-0.2, 0) is 11.2 Å². The van der Waals surface area contributed by atoms with E-state index in [1.807, 2.05) is 54.2 Å². The molecule has 1 fully saturated rings. The van der Waals surface area contributed by atoms with Gasteiger partial charge in [-0.2, -0.15) is 5.10 Å². The number of aromatic nitrogens is 3. The van der Waals surface area contributed by atoms with Crippen molar-refractivity contribution in [3.63, 3.8) is 0 Å². The first-order valence-corrected chi connectivity index (χ1v) is 11.3. The van der Waals surface area contributed by atoms with E-state index in [1.165, 1.54) is 0 Å². The maximum absolute atomic E-state index is 13.3. The van der Waals surface area contributed by atoms with Crippen LogP contribution in [0.2, 0.25) is 0 Å². The van der Waals surface area contributed by atoms with Crippen LogP contribution < -0.4 is 5.32 Å². The quantitative estimate of drug-likeness (QED) is 0.814. The fraction of sp³-hybridized carbons (Fsp3) is 0.320. The van der Waals surface area contributed by atoms with Crippen molar-refractivity contribution in [2.45, 2.75) is 26.7 Å². The van der Waals surface area contributed by atoms with Gasteiger partial charge in [0.1, 0.15) is 0 Å². The molecule has 0 spiro atoms. The van der Waals surface area contributed by atoms with E-state index in [4.69, 9.17) is 5.10 Å². The fourth-order valence-electron chi connectivity index (χ4n) is 4.36. The summed E-state index contributed by atoms with van der Waals surface area (Å²) in [5, 5.41) is 8.17. The van der Waals surface area contributed by atoms with Gasteiger partial charge in [0.15, 0.2) is 0 Å². The maximum Gasteiger partial charge on any atom is 0.255 e. The first-order chi connectivity index (χ1) is 15.6. The summed E-state index contributed by atoms with van der Waals surface area (Å²) < 4.78 is 1.87. The van der Waals surface area contributed by atoms with E-state index in [0.29, 0.717) is 0 Å². The minimum Gasteiger partial charge on any atom is -0.369 e. The molecule has 0 radical (unpaired) electrons. The summed E-state index contributed by atoms with van der Waals surface area (Å²) in [5.74, 6) is -0.0764. The lowest BCUT2D eigenvalue weighted by Crippen LogP contribution is -2.32. The molecular formula is C25H28N6O. The molecule has 7 nitrogen and oxygen atoms in total. The van der Waals surface area contributed by atoms with E-state index < -0.39 is 0 Å². The zero-order valence-corrected chi connectivity index (χ0v) is 18.6. The summed E-state index contributed by atoms with van der Waals surface area (Å²) in [6.07, 6.45) is 17.5. The lowest BCUT2D eigenvalue weighted by Gasteiger charge is -2.30. The van der Waals surface area contributed by atoms with Gasteiger partial charge in [0, 0.05) is 43.2 Å². The van der Waals surface area contributed by atoms with Crippen LogP contribution in [-0.4, -0.2) is 56.5 Å². The predicted molar refractivity (Wildman–Crippen MR) is 125 cm³/mol. The third kappa shape index (κ3) is 3.91. The van der Waals surface area contributed by atoms with Gasteiger partial charge in [0.05, 0.1) is 34.5 Å². The minimum atomic E-state index is -0.0764. The second kappa shape index (κ2) is 8.59. The van der Waals surface area contributed by atoms with Crippen LogP contribution >= 0.6 is 0 Å². The monoisotopic (exact) mass is 428 g/mol. The number of aryl methyl sites for hydroxylation is 2. The smallest absolute Gasteiger partial charge is 0.255 e. The molecule has 2 aromatic rings. The topological polar surface area (TPSA) is 65.8 Å². The Balaban J connectivity index is 1.49. The highest BCUT2D eigenvalue weighted by molar-refractivity contribution is 5.99. The van der Waals surface area contributed by atoms with Crippen molar-refractivity contribution in [3.8, 4) is 0 Å². The number of nitrogens with zero attached hydrogens (tertiary/aromatic N) is 5. The third-order valence-electron chi connectivity index (χ3n) is 6.01. The number of allylic oxidation sites excluding steroid dienone is 6. The molecule has 7 heteroatoms. The number of rotatable bonds is 3. The number of hydrogen-bond acceptors (Lipinski definition) is 5. The molecule has 1 amide bonds. The largest absolute Gasteiger partial charge is 0.369 e. The summed E-state index contributed by atoms with van der Waals surface area (Å²) in [4.78, 5) is 22.0. The molecular weight excluding hydrogens is 400 g/mol. The Labute approximate surface area is 188 Å². The van der Waals surface area contributed by atoms with Crippen molar-refractivity contribution in [3.05, 3.63) is 83.4 Å². The number of amides is 1. The average molecular weight is 429 g/mol. The predicted octanol–water partition coefficient (Wildman–Crippen LogP) is 2.97. The number of nitrogens with one attached hydrogen (secondary N) is 1. The van der Waals surface area contributed by atoms with E-state index in [1.54, 1.807) is 11.0 Å². The summed E-state index contributed by atoms with van der Waals surface area (Å²) >= 11 is 0. The normalized spacial score (nSPS) is 20.8. The summed E-state index contributed by atoms with van der Waals surface area (Å²) in [6.45, 7) is 7.97. The third-order valence-corrected chi connectivity index (χ3v) is 6.01. The molecule has 32 heavy (non-hydrogen) atoms. The molecule has 5 rings (SSSR count). The van der Waals surface area contributed by atoms with Crippen LogP contribution in [0.3, 0.4) is 0 Å². The lowest BCUT2D eigenvalue weighted by molar-refractivity contribution is -0.122. The maximum atomic E-state index is 13.3. The minimum absolute atomic E-state index is 0.0764. The standard InChI is InChI=1S/C25H28N6O/c1-3-22-24-15-23(28-31(24)16-18(2)27-22)19-6-4-7-20-8-9-21(17-30(20)25(32)14-19)29-12-5-10-26-11-13-29/h4,6-9,14-17,26H,3,5,10-13H2,1-2H3/b6-4?,19-14?,20-7+. The van der Waals surface area contributed by atoms with E-state index in [9.17, 15) is 4.79 Å². The Morgan fingerprint density at radius 1 is 1.12 bits per heavy atom. The lowest BCUT2D eigenvalue weighted by atomic mass is 10.1. The van der Waals surface area contributed by atoms with Gasteiger partial charge in [-0.1, -0.05) is 19.1 Å². The Kier molecular flexibility index (Phi) is 5.49. The zero-order chi connectivity index (χ0) is 22.1. The molecule has 0 aliphatic carbocycles. The molecule has 164 valence electrons. The molecule has 0 atom stereocenters. The van der Waals surface area contributed by atoms with Crippen molar-refractivity contribution in [1.29, 1.82) is 0 Å². The SMILES string of the molecule is CCc1nc(C)cn2nc(C3=CC(=O)N4C=C(N5CCCNCC5)C=C/C4=C\C=C3)cc12. The average Bonchev–Trinajstić information content (AvgIpc) is 3.02. The van der Waals surface area contributed by atoms with Gasteiger partial charge in [0.25, 0.3) is 5.91 Å². The van der Waals surface area contributed by atoms with Crippen molar-refractivity contribution in [2.75, 3.05) is 26.2 Å². The molecule has 0 saturated carbocycles. The van der Waals surface area contributed by atoms with Crippen LogP contribution in [0.15, 0.2) is 66.3 Å². The Bertz CT molecular complexity index is 1200. The zero-order valence-electron chi connectivity index (χ0n) is 18.6. The van der Waals surface area contributed by atoms with E-state index in [2.05, 4.69) is 28.2 Å². The Hall–Kier alpha value is -3.45. The summed E-state index contributed by atoms with van der Waals surface area (Å²) in [7, 11) is 0. The fourth-order valence-corrected chi connectivity index (χ4v) is 4.36. The van der Waals surface area contributed by atoms with Crippen molar-refractivity contribution >= 4 is 17.0 Å². The van der Waals surface area contributed by atoms with Crippen LogP contribution in [0.4, 0.5) is 0 Å². The first kappa shape index (κ1) is 20.5. The Morgan fingerprint density at radius 2 is 2.00 bits per heavy atom. The Morgan fingerprint density at radius 3 is 2.88 bits per heavy atom. The molecule has 3 aliphatic rings. The van der Waals surface area contributed by atoms with Crippen molar-refractivity contribution in [2.24, 2.45) is 0 Å². The first-order valence-electron chi connectivity index (χ1n) is 11.3. The van der Waals surface area contributed by atoms with Gasteiger partial charge in [0.2, 0.25) is 0 Å². The van der Waals surface area contributed by atoms with Crippen molar-refractivity contribution < 1.29 is 4.79 Å².